The van der Waals surface area contributed by atoms with E-state index in [0.29, 0.717) is 10.7 Å². The number of hydrogen-bond acceptors (Lipinski definition) is 2. The predicted molar refractivity (Wildman–Crippen MR) is 55.0 cm³/mol. The zero-order valence-corrected chi connectivity index (χ0v) is 7.55. The number of hydrogen-bond donors (Lipinski definition) is 2. The number of phenolic OH excluding ortho intramolecular Hbond substituents is 1. The lowest BCUT2D eigenvalue weighted by Crippen LogP contribution is -1.88. The van der Waals surface area contributed by atoms with Gasteiger partial charge in [0.15, 0.2) is 0 Å². The van der Waals surface area contributed by atoms with Crippen LogP contribution >= 0.6 is 11.6 Å². The number of nitrogens with two attached hydrogens (primary N) is 1. The SMILES string of the molecule is Nc1c(Cl)cc(O)c2ccccc12. The zero-order chi connectivity index (χ0) is 9.42. The van der Waals surface area contributed by atoms with Gasteiger partial charge in [0.05, 0.1) is 10.7 Å². The van der Waals surface area contributed by atoms with Crippen molar-refractivity contribution < 1.29 is 5.11 Å². The summed E-state index contributed by atoms with van der Waals surface area (Å²) < 4.78 is 0. The molecule has 0 unspecified atom stereocenters. The van der Waals surface area contributed by atoms with Crippen molar-refractivity contribution in [2.45, 2.75) is 0 Å². The second-order valence-electron chi connectivity index (χ2n) is 2.84. The molecule has 0 bridgehead atoms. The van der Waals surface area contributed by atoms with Crippen LogP contribution in [0.25, 0.3) is 10.8 Å². The molecule has 13 heavy (non-hydrogen) atoms. The van der Waals surface area contributed by atoms with E-state index in [1.54, 1.807) is 6.07 Å². The van der Waals surface area contributed by atoms with Gasteiger partial charge < -0.3 is 10.8 Å². The number of rotatable bonds is 0. The van der Waals surface area contributed by atoms with Crippen molar-refractivity contribution in [1.82, 2.24) is 0 Å². The predicted octanol–water partition coefficient (Wildman–Crippen LogP) is 2.78. The third kappa shape index (κ3) is 1.19. The van der Waals surface area contributed by atoms with Gasteiger partial charge >= 0.3 is 0 Å². The summed E-state index contributed by atoms with van der Waals surface area (Å²) in [6.45, 7) is 0. The van der Waals surface area contributed by atoms with Gasteiger partial charge in [-0.05, 0) is 0 Å². The summed E-state index contributed by atoms with van der Waals surface area (Å²) in [4.78, 5) is 0. The van der Waals surface area contributed by atoms with Gasteiger partial charge in [-0.2, -0.15) is 0 Å². The molecule has 0 fully saturated rings. The van der Waals surface area contributed by atoms with Crippen LogP contribution in [-0.4, -0.2) is 5.11 Å². The Bertz CT molecular complexity index is 468. The van der Waals surface area contributed by atoms with Gasteiger partial charge in [0.25, 0.3) is 0 Å². The van der Waals surface area contributed by atoms with Crippen LogP contribution in [0.5, 0.6) is 5.75 Å². The number of nitrogen functional groups attached to an aromatic ring is 1. The minimum absolute atomic E-state index is 0.162. The second kappa shape index (κ2) is 2.82. The topological polar surface area (TPSA) is 46.2 Å². The normalized spacial score (nSPS) is 10.5. The van der Waals surface area contributed by atoms with E-state index in [1.807, 2.05) is 18.2 Å². The molecule has 2 nitrogen and oxygen atoms in total. The summed E-state index contributed by atoms with van der Waals surface area (Å²) in [5.41, 5.74) is 6.25. The molecule has 3 heteroatoms. The van der Waals surface area contributed by atoms with Gasteiger partial charge in [-0.1, -0.05) is 35.9 Å². The highest BCUT2D eigenvalue weighted by atomic mass is 35.5. The Kier molecular flexibility index (Phi) is 1.78. The highest BCUT2D eigenvalue weighted by Gasteiger charge is 2.06. The van der Waals surface area contributed by atoms with Crippen LogP contribution < -0.4 is 5.73 Å². The lowest BCUT2D eigenvalue weighted by molar-refractivity contribution is 0.482. The molecule has 0 amide bonds. The van der Waals surface area contributed by atoms with Gasteiger partial charge in [0.1, 0.15) is 5.75 Å². The average Bonchev–Trinajstić information content (AvgIpc) is 2.15. The maximum atomic E-state index is 9.54. The summed E-state index contributed by atoms with van der Waals surface area (Å²) in [5.74, 6) is 0.162. The summed E-state index contributed by atoms with van der Waals surface area (Å²) >= 11 is 5.81. The monoisotopic (exact) mass is 193 g/mol. The highest BCUT2D eigenvalue weighted by molar-refractivity contribution is 6.35. The highest BCUT2D eigenvalue weighted by Crippen LogP contribution is 2.34. The quantitative estimate of drug-likeness (QED) is 0.499. The Balaban J connectivity index is 2.97. The summed E-state index contributed by atoms with van der Waals surface area (Å²) in [7, 11) is 0. The molecule has 2 rings (SSSR count). The summed E-state index contributed by atoms with van der Waals surface area (Å²) in [5, 5.41) is 11.4. The molecule has 0 saturated heterocycles. The second-order valence-corrected chi connectivity index (χ2v) is 3.24. The van der Waals surface area contributed by atoms with Crippen LogP contribution in [0, 0.1) is 0 Å². The van der Waals surface area contributed by atoms with E-state index in [4.69, 9.17) is 17.3 Å². The Morgan fingerprint density at radius 3 is 2.46 bits per heavy atom. The molecule has 0 aliphatic rings. The van der Waals surface area contributed by atoms with Gasteiger partial charge in [-0.25, -0.2) is 0 Å². The number of halogens is 1. The fraction of sp³-hybridized carbons (Fsp3) is 0. The standard InChI is InChI=1S/C10H8ClNO/c11-8-5-9(13)6-3-1-2-4-7(6)10(8)12/h1-5,13H,12H2. The van der Waals surface area contributed by atoms with Crippen LogP contribution in [0.3, 0.4) is 0 Å². The van der Waals surface area contributed by atoms with Crippen molar-refractivity contribution in [3.8, 4) is 5.75 Å². The number of benzene rings is 2. The maximum Gasteiger partial charge on any atom is 0.125 e. The Labute approximate surface area is 80.6 Å². The van der Waals surface area contributed by atoms with Crippen molar-refractivity contribution in [3.63, 3.8) is 0 Å². The molecule has 0 aliphatic heterocycles. The van der Waals surface area contributed by atoms with E-state index in [1.165, 1.54) is 6.07 Å². The van der Waals surface area contributed by atoms with E-state index in [-0.39, 0.29) is 5.75 Å². The fourth-order valence-corrected chi connectivity index (χ4v) is 1.55. The third-order valence-corrected chi connectivity index (χ3v) is 2.33. The number of fused-ring (bicyclic) bond motifs is 1. The molecule has 0 saturated carbocycles. The lowest BCUT2D eigenvalue weighted by atomic mass is 10.1. The van der Waals surface area contributed by atoms with Crippen molar-refractivity contribution >= 4 is 28.1 Å². The van der Waals surface area contributed by atoms with Crippen LogP contribution in [0.4, 0.5) is 5.69 Å². The number of anilines is 1. The number of aromatic hydroxyl groups is 1. The Hall–Kier alpha value is -1.41. The maximum absolute atomic E-state index is 9.54. The van der Waals surface area contributed by atoms with E-state index >= 15 is 0 Å². The minimum Gasteiger partial charge on any atom is -0.507 e. The molecule has 0 aromatic heterocycles. The molecule has 66 valence electrons. The molecule has 3 N–H and O–H groups in total. The Morgan fingerprint density at radius 1 is 1.15 bits per heavy atom. The van der Waals surface area contributed by atoms with Crippen molar-refractivity contribution in [1.29, 1.82) is 0 Å². The molecule has 0 spiro atoms. The van der Waals surface area contributed by atoms with Gasteiger partial charge in [0, 0.05) is 16.8 Å². The van der Waals surface area contributed by atoms with E-state index in [9.17, 15) is 5.11 Å². The van der Waals surface area contributed by atoms with Gasteiger partial charge in [-0.3, -0.25) is 0 Å². The third-order valence-electron chi connectivity index (χ3n) is 2.01. The lowest BCUT2D eigenvalue weighted by Gasteiger charge is -2.05. The zero-order valence-electron chi connectivity index (χ0n) is 6.79. The smallest absolute Gasteiger partial charge is 0.125 e. The molecular formula is C10H8ClNO. The fourth-order valence-electron chi connectivity index (χ4n) is 1.35. The van der Waals surface area contributed by atoms with Crippen LogP contribution in [0.1, 0.15) is 0 Å². The van der Waals surface area contributed by atoms with E-state index < -0.39 is 0 Å². The minimum atomic E-state index is 0.162. The van der Waals surface area contributed by atoms with Crippen molar-refractivity contribution in [2.24, 2.45) is 0 Å². The molecule has 0 heterocycles. The van der Waals surface area contributed by atoms with E-state index in [2.05, 4.69) is 0 Å². The van der Waals surface area contributed by atoms with E-state index in [0.717, 1.165) is 10.8 Å². The molecular weight excluding hydrogens is 186 g/mol. The first kappa shape index (κ1) is 8.20. The average molecular weight is 194 g/mol. The first-order valence-corrected chi connectivity index (χ1v) is 4.23. The van der Waals surface area contributed by atoms with Gasteiger partial charge in [0.2, 0.25) is 0 Å². The van der Waals surface area contributed by atoms with Crippen molar-refractivity contribution in [3.05, 3.63) is 35.4 Å². The molecule has 2 aromatic carbocycles. The van der Waals surface area contributed by atoms with Gasteiger partial charge in [-0.15, -0.1) is 0 Å². The largest absolute Gasteiger partial charge is 0.507 e. The van der Waals surface area contributed by atoms with Crippen molar-refractivity contribution in [2.75, 3.05) is 5.73 Å². The molecule has 0 radical (unpaired) electrons. The molecule has 2 aromatic rings. The summed E-state index contributed by atoms with van der Waals surface area (Å²) in [6, 6.07) is 8.79. The summed E-state index contributed by atoms with van der Waals surface area (Å²) in [6.07, 6.45) is 0. The first-order chi connectivity index (χ1) is 6.20. The van der Waals surface area contributed by atoms with Crippen LogP contribution in [0.2, 0.25) is 5.02 Å². The number of phenols is 1. The first-order valence-electron chi connectivity index (χ1n) is 3.86. The van der Waals surface area contributed by atoms with Crippen LogP contribution in [-0.2, 0) is 0 Å². The van der Waals surface area contributed by atoms with Crippen LogP contribution in [0.15, 0.2) is 30.3 Å². The molecule has 0 aliphatic carbocycles. The Morgan fingerprint density at radius 2 is 1.77 bits per heavy atom. The molecule has 0 atom stereocenters.